The summed E-state index contributed by atoms with van der Waals surface area (Å²) in [7, 11) is 0. The molecule has 0 aromatic heterocycles. The maximum atomic E-state index is 10.6. The summed E-state index contributed by atoms with van der Waals surface area (Å²) in [4.78, 5) is 10.6. The minimum atomic E-state index is -0.581. The summed E-state index contributed by atoms with van der Waals surface area (Å²) in [6.07, 6.45) is 22.5. The molecule has 0 atom stereocenters. The molecule has 0 aliphatic rings. The van der Waals surface area contributed by atoms with Gasteiger partial charge in [-0.1, -0.05) is 104 Å². The van der Waals surface area contributed by atoms with Crippen LogP contribution in [-0.2, 0) is 0 Å². The Balaban J connectivity index is 3.25. The molecule has 0 rings (SSSR count). The minimum absolute atomic E-state index is 0.581. The maximum absolute atomic E-state index is 10.6. The molecule has 0 fully saturated rings. The summed E-state index contributed by atoms with van der Waals surface area (Å²) < 4.78 is 0. The van der Waals surface area contributed by atoms with Crippen molar-refractivity contribution in [3.63, 3.8) is 0 Å². The Bertz CT molecular complexity index is 329. The van der Waals surface area contributed by atoms with Gasteiger partial charge in [-0.3, -0.25) is 0 Å². The average Bonchev–Trinajstić information content (AvgIpc) is 2.60. The Labute approximate surface area is 156 Å². The van der Waals surface area contributed by atoms with Gasteiger partial charge in [-0.15, -0.1) is 0 Å². The predicted molar refractivity (Wildman–Crippen MR) is 110 cm³/mol. The van der Waals surface area contributed by atoms with Crippen LogP contribution in [0.15, 0.2) is 5.10 Å². The molecule has 25 heavy (non-hydrogen) atoms. The van der Waals surface area contributed by atoms with Crippen molar-refractivity contribution in [1.82, 2.24) is 5.43 Å². The second-order valence-corrected chi connectivity index (χ2v) is 7.21. The lowest BCUT2D eigenvalue weighted by atomic mass is 10.0. The van der Waals surface area contributed by atoms with Gasteiger partial charge in [0.05, 0.1) is 0 Å². The summed E-state index contributed by atoms with van der Waals surface area (Å²) >= 11 is 0. The largest absolute Gasteiger partial charge is 0.350 e. The number of hydrogen-bond acceptors (Lipinski definition) is 2. The van der Waals surface area contributed by atoms with Gasteiger partial charge < -0.3 is 5.73 Å². The number of primary amides is 1. The molecule has 0 heterocycles. The van der Waals surface area contributed by atoms with Crippen molar-refractivity contribution < 1.29 is 4.79 Å². The Hall–Kier alpha value is -1.06. The molecule has 148 valence electrons. The van der Waals surface area contributed by atoms with Crippen LogP contribution in [-0.4, -0.2) is 11.7 Å². The maximum Gasteiger partial charge on any atom is 0.332 e. The third-order valence-electron chi connectivity index (χ3n) is 4.80. The van der Waals surface area contributed by atoms with Gasteiger partial charge in [-0.2, -0.15) is 5.10 Å². The quantitative estimate of drug-likeness (QED) is 0.161. The van der Waals surface area contributed by atoms with Crippen LogP contribution >= 0.6 is 0 Å². The normalized spacial score (nSPS) is 11.7. The molecule has 0 saturated heterocycles. The highest BCUT2D eigenvalue weighted by Crippen LogP contribution is 2.14. The van der Waals surface area contributed by atoms with Crippen LogP contribution in [0.25, 0.3) is 0 Å². The highest BCUT2D eigenvalue weighted by Gasteiger charge is 1.99. The van der Waals surface area contributed by atoms with E-state index in [0.717, 1.165) is 25.0 Å². The van der Waals surface area contributed by atoms with Crippen molar-refractivity contribution in [3.05, 3.63) is 0 Å². The molecule has 4 nitrogen and oxygen atoms in total. The third kappa shape index (κ3) is 19.1. The van der Waals surface area contributed by atoms with Gasteiger partial charge in [0, 0.05) is 5.71 Å². The summed E-state index contributed by atoms with van der Waals surface area (Å²) in [5.74, 6) is 0. The van der Waals surface area contributed by atoms with E-state index in [2.05, 4.69) is 24.4 Å². The van der Waals surface area contributed by atoms with E-state index >= 15 is 0 Å². The summed E-state index contributed by atoms with van der Waals surface area (Å²) in [6, 6.07) is -0.581. The molecule has 0 unspecified atom stereocenters. The number of nitrogens with zero attached hydrogens (tertiary/aromatic N) is 1. The van der Waals surface area contributed by atoms with Gasteiger partial charge in [0.1, 0.15) is 0 Å². The summed E-state index contributed by atoms with van der Waals surface area (Å²) in [6.45, 7) is 4.34. The fourth-order valence-electron chi connectivity index (χ4n) is 3.15. The van der Waals surface area contributed by atoms with Crippen molar-refractivity contribution in [1.29, 1.82) is 0 Å². The molecule has 2 amide bonds. The molecule has 0 aliphatic carbocycles. The first-order valence-corrected chi connectivity index (χ1v) is 10.8. The van der Waals surface area contributed by atoms with E-state index in [0.29, 0.717) is 0 Å². The molecule has 0 bridgehead atoms. The number of urea groups is 1. The van der Waals surface area contributed by atoms with Crippen LogP contribution in [0.3, 0.4) is 0 Å². The van der Waals surface area contributed by atoms with Gasteiger partial charge in [0.15, 0.2) is 0 Å². The van der Waals surface area contributed by atoms with Crippen LogP contribution in [0.1, 0.15) is 123 Å². The first-order valence-electron chi connectivity index (χ1n) is 10.8. The van der Waals surface area contributed by atoms with Crippen LogP contribution in [0.2, 0.25) is 0 Å². The number of carbonyl (C=O) groups is 1. The number of hydrazone groups is 1. The molecule has 0 saturated carbocycles. The Morgan fingerprint density at radius 1 is 0.720 bits per heavy atom. The van der Waals surface area contributed by atoms with E-state index in [-0.39, 0.29) is 0 Å². The SMILES string of the molecule is CCCCCCCCCCCCCCCCCC(CC)=NNC(N)=O. The van der Waals surface area contributed by atoms with Gasteiger partial charge >= 0.3 is 6.03 Å². The van der Waals surface area contributed by atoms with E-state index in [1.54, 1.807) is 0 Å². The highest BCUT2D eigenvalue weighted by molar-refractivity contribution is 5.85. The molecule has 0 aliphatic heterocycles. The number of nitrogens with one attached hydrogen (secondary N) is 1. The Morgan fingerprint density at radius 3 is 1.48 bits per heavy atom. The molecular weight excluding hydrogens is 310 g/mol. The summed E-state index contributed by atoms with van der Waals surface area (Å²) in [5.41, 5.74) is 8.39. The lowest BCUT2D eigenvalue weighted by Gasteiger charge is -2.05. The topological polar surface area (TPSA) is 67.5 Å². The number of carbonyl (C=O) groups excluding carboxylic acids is 1. The number of amides is 2. The third-order valence-corrected chi connectivity index (χ3v) is 4.80. The first-order chi connectivity index (χ1) is 12.2. The van der Waals surface area contributed by atoms with Crippen molar-refractivity contribution in [2.75, 3.05) is 0 Å². The zero-order valence-corrected chi connectivity index (χ0v) is 17.0. The van der Waals surface area contributed by atoms with Crippen LogP contribution in [0, 0.1) is 0 Å². The second-order valence-electron chi connectivity index (χ2n) is 7.21. The van der Waals surface area contributed by atoms with Crippen molar-refractivity contribution in [2.24, 2.45) is 10.8 Å². The predicted octanol–water partition coefficient (Wildman–Crippen LogP) is 6.68. The molecule has 0 radical (unpaired) electrons. The number of unbranched alkanes of at least 4 members (excludes halogenated alkanes) is 14. The minimum Gasteiger partial charge on any atom is -0.350 e. The van der Waals surface area contributed by atoms with Gasteiger partial charge in [0.2, 0.25) is 0 Å². The molecule has 0 spiro atoms. The fraction of sp³-hybridized carbons (Fsp3) is 0.905. The summed E-state index contributed by atoms with van der Waals surface area (Å²) in [5, 5.41) is 4.04. The molecule has 0 aromatic rings. The first kappa shape index (κ1) is 23.9. The van der Waals surface area contributed by atoms with E-state index < -0.39 is 6.03 Å². The zero-order valence-electron chi connectivity index (χ0n) is 17.0. The number of hydrogen-bond donors (Lipinski definition) is 2. The van der Waals surface area contributed by atoms with E-state index in [9.17, 15) is 4.79 Å². The molecule has 4 heteroatoms. The van der Waals surface area contributed by atoms with Gasteiger partial charge in [0.25, 0.3) is 0 Å². The number of rotatable bonds is 18. The smallest absolute Gasteiger partial charge is 0.332 e. The van der Waals surface area contributed by atoms with Crippen molar-refractivity contribution >= 4 is 11.7 Å². The average molecular weight is 354 g/mol. The van der Waals surface area contributed by atoms with Crippen molar-refractivity contribution in [3.8, 4) is 0 Å². The van der Waals surface area contributed by atoms with Crippen LogP contribution in [0.5, 0.6) is 0 Å². The van der Waals surface area contributed by atoms with Crippen LogP contribution in [0.4, 0.5) is 4.79 Å². The standard InChI is InChI=1S/C21H43N3O/c1-3-5-6-7-8-9-10-11-12-13-14-15-16-17-18-19-20(4-2)23-24-21(22)25/h3-19H2,1-2H3,(H3,22,24,25). The van der Waals surface area contributed by atoms with E-state index in [1.807, 2.05) is 0 Å². The second kappa shape index (κ2) is 19.3. The van der Waals surface area contributed by atoms with E-state index in [4.69, 9.17) is 5.73 Å². The molecule has 0 aromatic carbocycles. The van der Waals surface area contributed by atoms with Crippen LogP contribution < -0.4 is 11.2 Å². The fourth-order valence-corrected chi connectivity index (χ4v) is 3.15. The van der Waals surface area contributed by atoms with Gasteiger partial charge in [-0.25, -0.2) is 10.2 Å². The van der Waals surface area contributed by atoms with E-state index in [1.165, 1.54) is 89.9 Å². The zero-order chi connectivity index (χ0) is 18.6. The molecule has 3 N–H and O–H groups in total. The lowest BCUT2D eigenvalue weighted by Crippen LogP contribution is -2.25. The van der Waals surface area contributed by atoms with Gasteiger partial charge in [-0.05, 0) is 19.3 Å². The monoisotopic (exact) mass is 353 g/mol. The molecular formula is C21H43N3O. The Kier molecular flexibility index (Phi) is 18.5. The Morgan fingerprint density at radius 2 is 1.12 bits per heavy atom. The highest BCUT2D eigenvalue weighted by atomic mass is 16.2. The number of nitrogens with two attached hydrogens (primary N) is 1. The lowest BCUT2D eigenvalue weighted by molar-refractivity contribution is 0.249. The van der Waals surface area contributed by atoms with Crippen molar-refractivity contribution in [2.45, 2.75) is 123 Å².